The molecule has 1 aromatic carbocycles. The summed E-state index contributed by atoms with van der Waals surface area (Å²) >= 11 is 0. The Labute approximate surface area is 144 Å². The van der Waals surface area contributed by atoms with Crippen molar-refractivity contribution < 1.29 is 14.4 Å². The number of para-hydroxylation sites is 1. The molecule has 3 N–H and O–H groups in total. The first kappa shape index (κ1) is 16.6. The molecule has 0 bridgehead atoms. The van der Waals surface area contributed by atoms with Gasteiger partial charge in [-0.3, -0.25) is 19.4 Å². The molecule has 0 saturated heterocycles. The van der Waals surface area contributed by atoms with E-state index >= 15 is 0 Å². The molecule has 1 aliphatic rings. The normalized spacial score (nSPS) is 16.2. The maximum Gasteiger partial charge on any atom is 0.254 e. The molecule has 2 heterocycles. The molecule has 2 aromatic rings. The molecule has 1 atom stereocenters. The van der Waals surface area contributed by atoms with E-state index in [4.69, 9.17) is 0 Å². The molecule has 0 saturated carbocycles. The van der Waals surface area contributed by atoms with Gasteiger partial charge in [-0.1, -0.05) is 18.2 Å². The summed E-state index contributed by atoms with van der Waals surface area (Å²) in [7, 11) is 0. The summed E-state index contributed by atoms with van der Waals surface area (Å²) in [6, 6.07) is 11.5. The van der Waals surface area contributed by atoms with E-state index in [1.54, 1.807) is 36.5 Å². The zero-order valence-corrected chi connectivity index (χ0v) is 13.5. The van der Waals surface area contributed by atoms with E-state index in [1.165, 1.54) is 0 Å². The standard InChI is InChI=1S/C18H18N4O3/c23-16(20-11-12-5-3-4-10-19-12)9-8-15-18(25)21-14-7-2-1-6-13(14)17(24)22-15/h1-7,10,15H,8-9,11H2,(H,20,23)(H,21,25)(H,22,24)/t15-/m0/s1. The van der Waals surface area contributed by atoms with Crippen molar-refractivity contribution in [3.63, 3.8) is 0 Å². The lowest BCUT2D eigenvalue weighted by molar-refractivity contribution is -0.122. The highest BCUT2D eigenvalue weighted by molar-refractivity contribution is 6.09. The first-order valence-electron chi connectivity index (χ1n) is 8.01. The fourth-order valence-corrected chi connectivity index (χ4v) is 2.57. The molecule has 0 unspecified atom stereocenters. The van der Waals surface area contributed by atoms with E-state index in [2.05, 4.69) is 20.9 Å². The highest BCUT2D eigenvalue weighted by Gasteiger charge is 2.27. The number of carbonyl (C=O) groups excluding carboxylic acids is 3. The zero-order chi connectivity index (χ0) is 17.6. The van der Waals surface area contributed by atoms with Gasteiger partial charge in [0.2, 0.25) is 11.8 Å². The number of amides is 3. The van der Waals surface area contributed by atoms with Gasteiger partial charge in [-0.2, -0.15) is 0 Å². The Morgan fingerprint density at radius 1 is 1.12 bits per heavy atom. The number of carbonyl (C=O) groups is 3. The molecule has 1 aliphatic heterocycles. The van der Waals surface area contributed by atoms with Crippen LogP contribution in [0.5, 0.6) is 0 Å². The minimum Gasteiger partial charge on any atom is -0.350 e. The molecule has 3 amide bonds. The fraction of sp³-hybridized carbons (Fsp3) is 0.222. The SMILES string of the molecule is O=C(CC[C@@H]1NC(=O)c2ccccc2NC1=O)NCc1ccccn1. The van der Waals surface area contributed by atoms with Gasteiger partial charge in [-0.05, 0) is 30.7 Å². The summed E-state index contributed by atoms with van der Waals surface area (Å²) in [5, 5.41) is 8.14. The van der Waals surface area contributed by atoms with Crippen LogP contribution in [0.2, 0.25) is 0 Å². The van der Waals surface area contributed by atoms with Crippen LogP contribution < -0.4 is 16.0 Å². The Balaban J connectivity index is 1.54. The molecule has 128 valence electrons. The first-order chi connectivity index (χ1) is 12.1. The van der Waals surface area contributed by atoms with Crippen molar-refractivity contribution in [2.24, 2.45) is 0 Å². The molecular formula is C18H18N4O3. The van der Waals surface area contributed by atoms with Crippen LogP contribution in [0.25, 0.3) is 0 Å². The van der Waals surface area contributed by atoms with Crippen molar-refractivity contribution in [2.45, 2.75) is 25.4 Å². The largest absolute Gasteiger partial charge is 0.350 e. The van der Waals surface area contributed by atoms with Crippen molar-refractivity contribution in [1.82, 2.24) is 15.6 Å². The van der Waals surface area contributed by atoms with Crippen LogP contribution >= 0.6 is 0 Å². The van der Waals surface area contributed by atoms with Crippen LogP contribution in [0.1, 0.15) is 28.9 Å². The van der Waals surface area contributed by atoms with Gasteiger partial charge in [0.05, 0.1) is 23.5 Å². The Bertz CT molecular complexity index is 792. The van der Waals surface area contributed by atoms with E-state index in [1.807, 2.05) is 12.1 Å². The molecular weight excluding hydrogens is 320 g/mol. The number of aromatic nitrogens is 1. The summed E-state index contributed by atoms with van der Waals surface area (Å²) in [5.41, 5.74) is 1.65. The van der Waals surface area contributed by atoms with Crippen LogP contribution in [0.15, 0.2) is 48.7 Å². The van der Waals surface area contributed by atoms with E-state index in [0.29, 0.717) is 17.8 Å². The number of rotatable bonds is 5. The molecule has 3 rings (SSSR count). The maximum atomic E-state index is 12.2. The Kier molecular flexibility index (Phi) is 5.03. The Morgan fingerprint density at radius 3 is 2.72 bits per heavy atom. The predicted octanol–water partition coefficient (Wildman–Crippen LogP) is 1.23. The predicted molar refractivity (Wildman–Crippen MR) is 91.6 cm³/mol. The van der Waals surface area contributed by atoms with Gasteiger partial charge in [-0.25, -0.2) is 0 Å². The highest BCUT2D eigenvalue weighted by atomic mass is 16.2. The van der Waals surface area contributed by atoms with E-state index in [-0.39, 0.29) is 30.6 Å². The quantitative estimate of drug-likeness (QED) is 0.763. The minimum atomic E-state index is -0.750. The third-order valence-corrected chi connectivity index (χ3v) is 3.90. The van der Waals surface area contributed by atoms with Gasteiger partial charge in [0, 0.05) is 12.6 Å². The molecule has 0 radical (unpaired) electrons. The van der Waals surface area contributed by atoms with Gasteiger partial charge in [0.1, 0.15) is 6.04 Å². The highest BCUT2D eigenvalue weighted by Crippen LogP contribution is 2.19. The lowest BCUT2D eigenvalue weighted by Gasteiger charge is -2.14. The van der Waals surface area contributed by atoms with E-state index < -0.39 is 6.04 Å². The number of hydrogen-bond acceptors (Lipinski definition) is 4. The average Bonchev–Trinajstić information content (AvgIpc) is 2.75. The second kappa shape index (κ2) is 7.57. The number of nitrogens with zero attached hydrogens (tertiary/aromatic N) is 1. The smallest absolute Gasteiger partial charge is 0.254 e. The third kappa shape index (κ3) is 4.20. The van der Waals surface area contributed by atoms with Gasteiger partial charge >= 0.3 is 0 Å². The van der Waals surface area contributed by atoms with Crippen LogP contribution in [0, 0.1) is 0 Å². The second-order valence-electron chi connectivity index (χ2n) is 5.70. The van der Waals surface area contributed by atoms with Crippen LogP contribution in [-0.4, -0.2) is 28.7 Å². The Hall–Kier alpha value is -3.22. The van der Waals surface area contributed by atoms with Gasteiger partial charge in [0.25, 0.3) is 5.91 Å². The molecule has 7 nitrogen and oxygen atoms in total. The number of pyridine rings is 1. The molecule has 25 heavy (non-hydrogen) atoms. The molecule has 0 fully saturated rings. The number of benzene rings is 1. The van der Waals surface area contributed by atoms with Crippen LogP contribution in [0.4, 0.5) is 5.69 Å². The lowest BCUT2D eigenvalue weighted by atomic mass is 10.1. The van der Waals surface area contributed by atoms with Gasteiger partial charge in [-0.15, -0.1) is 0 Å². The van der Waals surface area contributed by atoms with Crippen molar-refractivity contribution in [3.05, 3.63) is 59.9 Å². The summed E-state index contributed by atoms with van der Waals surface area (Å²) in [6.07, 6.45) is 2.01. The summed E-state index contributed by atoms with van der Waals surface area (Å²) in [5.74, 6) is -0.849. The number of nitrogens with one attached hydrogen (secondary N) is 3. The minimum absolute atomic E-state index is 0.127. The van der Waals surface area contributed by atoms with E-state index in [0.717, 1.165) is 5.69 Å². The van der Waals surface area contributed by atoms with E-state index in [9.17, 15) is 14.4 Å². The molecule has 0 spiro atoms. The molecule has 0 aliphatic carbocycles. The third-order valence-electron chi connectivity index (χ3n) is 3.90. The molecule has 7 heteroatoms. The van der Waals surface area contributed by atoms with Crippen molar-refractivity contribution in [1.29, 1.82) is 0 Å². The number of anilines is 1. The second-order valence-corrected chi connectivity index (χ2v) is 5.70. The zero-order valence-electron chi connectivity index (χ0n) is 13.5. The first-order valence-corrected chi connectivity index (χ1v) is 8.01. The number of fused-ring (bicyclic) bond motifs is 1. The monoisotopic (exact) mass is 338 g/mol. The lowest BCUT2D eigenvalue weighted by Crippen LogP contribution is -2.42. The van der Waals surface area contributed by atoms with Crippen LogP contribution in [0.3, 0.4) is 0 Å². The summed E-state index contributed by atoms with van der Waals surface area (Å²) in [6.45, 7) is 0.328. The average molecular weight is 338 g/mol. The van der Waals surface area contributed by atoms with Gasteiger partial charge in [0.15, 0.2) is 0 Å². The topological polar surface area (TPSA) is 100 Å². The summed E-state index contributed by atoms with van der Waals surface area (Å²) < 4.78 is 0. The maximum absolute atomic E-state index is 12.2. The molecule has 1 aromatic heterocycles. The van der Waals surface area contributed by atoms with Crippen molar-refractivity contribution in [3.8, 4) is 0 Å². The Morgan fingerprint density at radius 2 is 1.92 bits per heavy atom. The van der Waals surface area contributed by atoms with Crippen molar-refractivity contribution in [2.75, 3.05) is 5.32 Å². The number of hydrogen-bond donors (Lipinski definition) is 3. The van der Waals surface area contributed by atoms with Crippen molar-refractivity contribution >= 4 is 23.4 Å². The fourth-order valence-electron chi connectivity index (χ4n) is 2.57. The van der Waals surface area contributed by atoms with Crippen LogP contribution in [-0.2, 0) is 16.1 Å². The van der Waals surface area contributed by atoms with Gasteiger partial charge < -0.3 is 16.0 Å². The summed E-state index contributed by atoms with van der Waals surface area (Å²) in [4.78, 5) is 40.5.